The molecular formula is C42H40N2O11. The number of rotatable bonds is 12. The molecule has 1 aliphatic heterocycles. The molecule has 0 radical (unpaired) electrons. The zero-order valence-corrected chi connectivity index (χ0v) is 30.2. The number of benzene rings is 5. The number of para-hydroxylation sites is 2. The lowest BCUT2D eigenvalue weighted by Crippen LogP contribution is -2.63. The molecule has 0 spiro atoms. The first kappa shape index (κ1) is 38.3. The van der Waals surface area contributed by atoms with E-state index in [0.717, 1.165) is 11.1 Å². The molecule has 13 heteroatoms. The first-order valence-electron chi connectivity index (χ1n) is 17.3. The minimum atomic E-state index is -1.60. The van der Waals surface area contributed by atoms with E-state index in [1.807, 2.05) is 84.9 Å². The molecule has 0 aliphatic carbocycles. The highest BCUT2D eigenvalue weighted by Gasteiger charge is 2.53. The number of nitrogens with one attached hydrogen (secondary N) is 2. The molecule has 0 unspecified atom stereocenters. The maximum absolute atomic E-state index is 13.9. The molecule has 2 amide bonds. The van der Waals surface area contributed by atoms with Crippen molar-refractivity contribution in [2.24, 2.45) is 0 Å². The molecule has 0 aromatic heterocycles. The van der Waals surface area contributed by atoms with Gasteiger partial charge in [0.1, 0.15) is 23.2 Å². The Morgan fingerprint density at radius 2 is 1.05 bits per heavy atom. The van der Waals surface area contributed by atoms with Gasteiger partial charge in [0.2, 0.25) is 0 Å². The quantitative estimate of drug-likeness (QED) is 0.0878. The van der Waals surface area contributed by atoms with Crippen LogP contribution in [0.25, 0.3) is 22.3 Å². The van der Waals surface area contributed by atoms with E-state index < -0.39 is 55.5 Å². The Morgan fingerprint density at radius 1 is 0.582 bits per heavy atom. The molecule has 1 heterocycles. The van der Waals surface area contributed by atoms with Gasteiger partial charge in [-0.05, 0) is 35.4 Å². The molecule has 0 saturated carbocycles. The first-order chi connectivity index (χ1) is 26.8. The van der Waals surface area contributed by atoms with Gasteiger partial charge in [-0.15, -0.1) is 0 Å². The lowest BCUT2D eigenvalue weighted by atomic mass is 9.98. The maximum Gasteiger partial charge on any atom is 0.412 e. The molecule has 0 bridgehead atoms. The number of amides is 2. The molecule has 284 valence electrons. The summed E-state index contributed by atoms with van der Waals surface area (Å²) in [5, 5.41) is 16.0. The number of aliphatic hydroxyl groups is 1. The van der Waals surface area contributed by atoms with E-state index in [0.29, 0.717) is 22.5 Å². The zero-order chi connectivity index (χ0) is 38.7. The summed E-state index contributed by atoms with van der Waals surface area (Å²) in [6.45, 7) is -0.706. The normalized spacial score (nSPS) is 19.0. The second-order valence-electron chi connectivity index (χ2n) is 12.2. The molecule has 5 atom stereocenters. The first-order valence-corrected chi connectivity index (χ1v) is 17.3. The Kier molecular flexibility index (Phi) is 12.6. The van der Waals surface area contributed by atoms with Crippen LogP contribution >= 0.6 is 0 Å². The Labute approximate surface area is 317 Å². The summed E-state index contributed by atoms with van der Waals surface area (Å²) >= 11 is 0. The smallest absolute Gasteiger partial charge is 0.412 e. The van der Waals surface area contributed by atoms with E-state index in [9.17, 15) is 19.5 Å². The van der Waals surface area contributed by atoms with E-state index in [4.69, 9.17) is 33.2 Å². The summed E-state index contributed by atoms with van der Waals surface area (Å²) in [5.41, 5.74) is 3.84. The van der Waals surface area contributed by atoms with E-state index >= 15 is 0 Å². The van der Waals surface area contributed by atoms with E-state index in [2.05, 4.69) is 10.6 Å². The Bertz CT molecular complexity index is 2060. The molecule has 1 saturated heterocycles. The highest BCUT2D eigenvalue weighted by atomic mass is 16.7. The van der Waals surface area contributed by atoms with Crippen molar-refractivity contribution in [1.29, 1.82) is 0 Å². The summed E-state index contributed by atoms with van der Waals surface area (Å²) in [6.07, 6.45) is -9.34. The lowest BCUT2D eigenvalue weighted by molar-refractivity contribution is -0.290. The van der Waals surface area contributed by atoms with Crippen molar-refractivity contribution in [3.63, 3.8) is 0 Å². The number of ether oxygens (including phenoxy) is 7. The van der Waals surface area contributed by atoms with E-state index in [1.54, 1.807) is 30.3 Å². The van der Waals surface area contributed by atoms with Crippen LogP contribution in [0.5, 0.6) is 11.5 Å². The second-order valence-corrected chi connectivity index (χ2v) is 12.2. The Hall–Kier alpha value is -6.41. The fourth-order valence-electron chi connectivity index (χ4n) is 6.30. The van der Waals surface area contributed by atoms with Crippen molar-refractivity contribution in [1.82, 2.24) is 0 Å². The summed E-state index contributed by atoms with van der Waals surface area (Å²) in [6, 6.07) is 37.7. The van der Waals surface area contributed by atoms with Crippen LogP contribution in [0.15, 0.2) is 127 Å². The van der Waals surface area contributed by atoms with Gasteiger partial charge >= 0.3 is 18.2 Å². The van der Waals surface area contributed by atoms with Gasteiger partial charge in [0, 0.05) is 18.2 Å². The van der Waals surface area contributed by atoms with Crippen LogP contribution in [-0.2, 0) is 23.7 Å². The van der Waals surface area contributed by atoms with Crippen LogP contribution in [0, 0.1) is 0 Å². The van der Waals surface area contributed by atoms with Crippen molar-refractivity contribution in [3.05, 3.63) is 133 Å². The van der Waals surface area contributed by atoms with Gasteiger partial charge in [0.15, 0.2) is 24.6 Å². The predicted octanol–water partition coefficient (Wildman–Crippen LogP) is 7.16. The van der Waals surface area contributed by atoms with Crippen LogP contribution in [0.4, 0.5) is 21.0 Å². The number of hydrogen-bond donors (Lipinski definition) is 3. The van der Waals surface area contributed by atoms with Crippen LogP contribution in [-0.4, -0.2) is 81.9 Å². The summed E-state index contributed by atoms with van der Waals surface area (Å²) in [5.74, 6) is -0.692. The molecule has 13 nitrogen and oxygen atoms in total. The van der Waals surface area contributed by atoms with Gasteiger partial charge in [-0.25, -0.2) is 14.4 Å². The van der Waals surface area contributed by atoms with Crippen molar-refractivity contribution in [2.45, 2.75) is 30.7 Å². The molecule has 3 N–H and O–H groups in total. The molecule has 5 aromatic rings. The average Bonchev–Trinajstić information content (AvgIpc) is 3.22. The van der Waals surface area contributed by atoms with Crippen molar-refractivity contribution in [3.8, 4) is 33.8 Å². The van der Waals surface area contributed by atoms with Gasteiger partial charge in [0.05, 0.1) is 32.2 Å². The number of methoxy groups -OCH3 is 3. The fourth-order valence-corrected chi connectivity index (χ4v) is 6.30. The van der Waals surface area contributed by atoms with Crippen LogP contribution in [0.3, 0.4) is 0 Å². The molecular weight excluding hydrogens is 708 g/mol. The van der Waals surface area contributed by atoms with Crippen molar-refractivity contribution in [2.75, 3.05) is 38.6 Å². The number of esters is 1. The minimum Gasteiger partial charge on any atom is -0.496 e. The van der Waals surface area contributed by atoms with Crippen LogP contribution in [0.1, 0.15) is 10.4 Å². The number of carbonyl (C=O) groups excluding carboxylic acids is 3. The standard InChI is InChI=1S/C42H40N2O11/c1-49-32-23-14-24-33(50-2)35(32)39(46)53-36-34(25-45)52-40(51-3)38(55-42(48)44-31-22-13-11-20-29(31)27-17-8-5-9-18-27)37(36)54-41(47)43-30-21-12-10-19-28(30)26-15-6-4-7-16-26/h4-24,34,36-38,40,45H,25H2,1-3H3,(H,43,47)(H,44,48)/t34-,36-,37+,38-,40+/m1/s1. The topological polar surface area (TPSA) is 160 Å². The SMILES string of the molecule is COc1cccc(OC)c1C(=O)O[C@H]1[C@H](OC(=O)Nc2ccccc2-c2ccccc2)[C@@H](OC(=O)Nc2ccccc2-c2ccccc2)[C@@H](OC)O[C@@H]1CO. The largest absolute Gasteiger partial charge is 0.496 e. The third-order valence-electron chi connectivity index (χ3n) is 8.86. The highest BCUT2D eigenvalue weighted by Crippen LogP contribution is 2.35. The van der Waals surface area contributed by atoms with Gasteiger partial charge < -0.3 is 38.3 Å². The maximum atomic E-state index is 13.9. The Balaban J connectivity index is 1.34. The van der Waals surface area contributed by atoms with Gasteiger partial charge in [0.25, 0.3) is 0 Å². The minimum absolute atomic E-state index is 0.0780. The van der Waals surface area contributed by atoms with Gasteiger partial charge in [-0.1, -0.05) is 103 Å². The van der Waals surface area contributed by atoms with Crippen molar-refractivity contribution < 1.29 is 52.6 Å². The monoisotopic (exact) mass is 748 g/mol. The summed E-state index contributed by atoms with van der Waals surface area (Å²) in [7, 11) is 4.03. The highest BCUT2D eigenvalue weighted by molar-refractivity contribution is 5.96. The van der Waals surface area contributed by atoms with Crippen LogP contribution < -0.4 is 20.1 Å². The van der Waals surface area contributed by atoms with Gasteiger partial charge in [-0.2, -0.15) is 0 Å². The molecule has 6 rings (SSSR count). The summed E-state index contributed by atoms with van der Waals surface area (Å²) in [4.78, 5) is 41.5. The van der Waals surface area contributed by atoms with Crippen molar-refractivity contribution >= 4 is 29.5 Å². The lowest BCUT2D eigenvalue weighted by Gasteiger charge is -2.43. The van der Waals surface area contributed by atoms with E-state index in [-0.39, 0.29) is 17.1 Å². The molecule has 1 fully saturated rings. The average molecular weight is 749 g/mol. The fraction of sp³-hybridized carbons (Fsp3) is 0.214. The third kappa shape index (κ3) is 8.87. The number of aliphatic hydroxyl groups excluding tert-OH is 1. The van der Waals surface area contributed by atoms with E-state index in [1.165, 1.54) is 33.5 Å². The number of hydrogen-bond acceptors (Lipinski definition) is 11. The zero-order valence-electron chi connectivity index (χ0n) is 30.2. The number of anilines is 2. The third-order valence-corrected chi connectivity index (χ3v) is 8.86. The molecule has 55 heavy (non-hydrogen) atoms. The second kappa shape index (κ2) is 18.1. The molecule has 5 aromatic carbocycles. The van der Waals surface area contributed by atoms with Gasteiger partial charge in [-0.3, -0.25) is 10.6 Å². The molecule has 1 aliphatic rings. The number of carbonyl (C=O) groups is 3. The predicted molar refractivity (Wildman–Crippen MR) is 203 cm³/mol. The van der Waals surface area contributed by atoms with Crippen LogP contribution in [0.2, 0.25) is 0 Å². The summed E-state index contributed by atoms with van der Waals surface area (Å²) < 4.78 is 40.3. The Morgan fingerprint density at radius 3 is 1.53 bits per heavy atom.